The van der Waals surface area contributed by atoms with E-state index in [9.17, 15) is 4.39 Å². The van der Waals surface area contributed by atoms with Crippen LogP contribution in [0.3, 0.4) is 0 Å². The van der Waals surface area contributed by atoms with Gasteiger partial charge in [-0.1, -0.05) is 6.92 Å². The molecule has 0 radical (unpaired) electrons. The van der Waals surface area contributed by atoms with Crippen molar-refractivity contribution in [1.82, 2.24) is 4.98 Å². The minimum Gasteiger partial charge on any atom is -0.363 e. The van der Waals surface area contributed by atoms with Crippen molar-refractivity contribution in [1.29, 1.82) is 0 Å². The van der Waals surface area contributed by atoms with Gasteiger partial charge in [-0.25, -0.2) is 4.39 Å². The van der Waals surface area contributed by atoms with E-state index in [1.165, 1.54) is 0 Å². The number of H-pyrrole nitrogens is 1. The summed E-state index contributed by atoms with van der Waals surface area (Å²) in [5.74, 6) is 0. The lowest BCUT2D eigenvalue weighted by molar-refractivity contribution is 0.328. The molecule has 0 aliphatic rings. The third-order valence-corrected chi connectivity index (χ3v) is 1.32. The summed E-state index contributed by atoms with van der Waals surface area (Å²) in [6.45, 7) is 1.82. The number of hydrogen-bond donors (Lipinski definition) is 1. The van der Waals surface area contributed by atoms with Gasteiger partial charge in [0.25, 0.3) is 0 Å². The van der Waals surface area contributed by atoms with Crippen LogP contribution in [-0.2, 0) is 0 Å². The van der Waals surface area contributed by atoms with Crippen LogP contribution in [0.4, 0.5) is 4.39 Å². The van der Waals surface area contributed by atoms with Crippen LogP contribution in [0.15, 0.2) is 18.3 Å². The Balaban J connectivity index is 2.65. The summed E-state index contributed by atoms with van der Waals surface area (Å²) in [5, 5.41) is 0. The van der Waals surface area contributed by atoms with E-state index in [2.05, 4.69) is 4.98 Å². The Hall–Kier alpha value is -0.790. The van der Waals surface area contributed by atoms with Gasteiger partial charge in [0.2, 0.25) is 0 Å². The predicted octanol–water partition coefficient (Wildman–Crippen LogP) is 2.44. The summed E-state index contributed by atoms with van der Waals surface area (Å²) < 4.78 is 12.7. The van der Waals surface area contributed by atoms with Gasteiger partial charge in [0.15, 0.2) is 0 Å². The molecule has 0 aliphatic carbocycles. The zero-order valence-corrected chi connectivity index (χ0v) is 5.39. The fourth-order valence-corrected chi connectivity index (χ4v) is 0.759. The smallest absolute Gasteiger partial charge is 0.139 e. The molecule has 1 aromatic heterocycles. The van der Waals surface area contributed by atoms with Crippen molar-refractivity contribution in [2.45, 2.75) is 19.5 Å². The van der Waals surface area contributed by atoms with Crippen molar-refractivity contribution in [3.05, 3.63) is 24.0 Å². The molecule has 2 heteroatoms. The zero-order valence-electron chi connectivity index (χ0n) is 5.39. The van der Waals surface area contributed by atoms with Gasteiger partial charge < -0.3 is 4.98 Å². The molecule has 50 valence electrons. The molecule has 1 nitrogen and oxygen atoms in total. The van der Waals surface area contributed by atoms with Crippen molar-refractivity contribution >= 4 is 0 Å². The molecule has 1 aromatic rings. The molecule has 0 aliphatic heterocycles. The SMILES string of the molecule is CCC(F)c1ccc[nH]1. The molecule has 1 atom stereocenters. The van der Waals surface area contributed by atoms with Gasteiger partial charge >= 0.3 is 0 Å². The fourth-order valence-electron chi connectivity index (χ4n) is 0.759. The van der Waals surface area contributed by atoms with Crippen LogP contribution in [0.1, 0.15) is 25.2 Å². The summed E-state index contributed by atoms with van der Waals surface area (Å²) in [6, 6.07) is 3.56. The summed E-state index contributed by atoms with van der Waals surface area (Å²) in [5.41, 5.74) is 0.678. The highest BCUT2D eigenvalue weighted by atomic mass is 19.1. The van der Waals surface area contributed by atoms with E-state index < -0.39 is 6.17 Å². The van der Waals surface area contributed by atoms with E-state index >= 15 is 0 Å². The number of rotatable bonds is 2. The third-order valence-electron chi connectivity index (χ3n) is 1.32. The highest BCUT2D eigenvalue weighted by Crippen LogP contribution is 2.17. The molecule has 1 unspecified atom stereocenters. The van der Waals surface area contributed by atoms with Gasteiger partial charge in [-0.3, -0.25) is 0 Å². The average Bonchev–Trinajstić information content (AvgIpc) is 2.37. The molecule has 0 fully saturated rings. The Labute approximate surface area is 53.9 Å². The normalized spacial score (nSPS) is 13.6. The van der Waals surface area contributed by atoms with E-state index in [4.69, 9.17) is 0 Å². The maximum Gasteiger partial charge on any atom is 0.139 e. The Morgan fingerprint density at radius 3 is 3.00 bits per heavy atom. The lowest BCUT2D eigenvalue weighted by Crippen LogP contribution is -1.87. The Morgan fingerprint density at radius 1 is 1.78 bits per heavy atom. The molecular formula is C7H10FN. The molecule has 9 heavy (non-hydrogen) atoms. The highest BCUT2D eigenvalue weighted by Gasteiger charge is 2.04. The van der Waals surface area contributed by atoms with Crippen LogP contribution in [0.5, 0.6) is 0 Å². The molecule has 1 rings (SSSR count). The lowest BCUT2D eigenvalue weighted by atomic mass is 10.2. The second kappa shape index (κ2) is 2.67. The average molecular weight is 127 g/mol. The molecule has 0 saturated carbocycles. The first-order valence-corrected chi connectivity index (χ1v) is 3.12. The van der Waals surface area contributed by atoms with E-state index in [0.717, 1.165) is 0 Å². The number of aromatic amines is 1. The molecule has 1 N–H and O–H groups in total. The predicted molar refractivity (Wildman–Crippen MR) is 34.9 cm³/mol. The molecule has 0 aromatic carbocycles. The van der Waals surface area contributed by atoms with Crippen LogP contribution in [-0.4, -0.2) is 4.98 Å². The monoisotopic (exact) mass is 127 g/mol. The minimum atomic E-state index is -0.819. The Kier molecular flexibility index (Phi) is 1.88. The van der Waals surface area contributed by atoms with Gasteiger partial charge in [0.1, 0.15) is 6.17 Å². The van der Waals surface area contributed by atoms with Gasteiger partial charge in [-0.15, -0.1) is 0 Å². The first kappa shape index (κ1) is 6.33. The van der Waals surface area contributed by atoms with Crippen molar-refractivity contribution in [3.63, 3.8) is 0 Å². The number of halogens is 1. The van der Waals surface area contributed by atoms with Crippen molar-refractivity contribution < 1.29 is 4.39 Å². The Bertz CT molecular complexity index is 157. The van der Waals surface area contributed by atoms with Crippen molar-refractivity contribution in [3.8, 4) is 0 Å². The fraction of sp³-hybridized carbons (Fsp3) is 0.429. The van der Waals surface area contributed by atoms with E-state index in [1.54, 1.807) is 18.3 Å². The first-order chi connectivity index (χ1) is 4.34. The molecule has 0 amide bonds. The Morgan fingerprint density at radius 2 is 2.56 bits per heavy atom. The highest BCUT2D eigenvalue weighted by molar-refractivity contribution is 5.06. The first-order valence-electron chi connectivity index (χ1n) is 3.12. The van der Waals surface area contributed by atoms with E-state index in [1.807, 2.05) is 6.92 Å². The number of aromatic nitrogens is 1. The summed E-state index contributed by atoms with van der Waals surface area (Å²) in [7, 11) is 0. The maximum absolute atomic E-state index is 12.7. The molecule has 1 heterocycles. The minimum absolute atomic E-state index is 0.542. The quantitative estimate of drug-likeness (QED) is 0.628. The molecule has 0 spiro atoms. The van der Waals surface area contributed by atoms with Crippen LogP contribution < -0.4 is 0 Å². The second-order valence-corrected chi connectivity index (χ2v) is 2.00. The number of alkyl halides is 1. The summed E-state index contributed by atoms with van der Waals surface area (Å²) in [4.78, 5) is 2.81. The van der Waals surface area contributed by atoms with Gasteiger partial charge in [-0.2, -0.15) is 0 Å². The number of nitrogens with one attached hydrogen (secondary N) is 1. The summed E-state index contributed by atoms with van der Waals surface area (Å²) >= 11 is 0. The standard InChI is InChI=1S/C7H10FN/c1-2-6(8)7-4-3-5-9-7/h3-6,9H,2H2,1H3. The van der Waals surface area contributed by atoms with Crippen LogP contribution in [0, 0.1) is 0 Å². The topological polar surface area (TPSA) is 15.8 Å². The molecule has 0 bridgehead atoms. The van der Waals surface area contributed by atoms with Crippen LogP contribution in [0.2, 0.25) is 0 Å². The van der Waals surface area contributed by atoms with Crippen molar-refractivity contribution in [2.24, 2.45) is 0 Å². The largest absolute Gasteiger partial charge is 0.363 e. The molecular weight excluding hydrogens is 117 g/mol. The summed E-state index contributed by atoms with van der Waals surface area (Å²) in [6.07, 6.45) is 1.46. The van der Waals surface area contributed by atoms with Gasteiger partial charge in [0.05, 0.1) is 0 Å². The van der Waals surface area contributed by atoms with Crippen LogP contribution >= 0.6 is 0 Å². The van der Waals surface area contributed by atoms with Crippen molar-refractivity contribution in [2.75, 3.05) is 0 Å². The van der Waals surface area contributed by atoms with E-state index in [-0.39, 0.29) is 0 Å². The lowest BCUT2D eigenvalue weighted by Gasteiger charge is -1.98. The van der Waals surface area contributed by atoms with Gasteiger partial charge in [-0.05, 0) is 18.6 Å². The van der Waals surface area contributed by atoms with Crippen LogP contribution in [0.25, 0.3) is 0 Å². The zero-order chi connectivity index (χ0) is 6.69. The maximum atomic E-state index is 12.7. The number of hydrogen-bond acceptors (Lipinski definition) is 0. The molecule has 0 saturated heterocycles. The van der Waals surface area contributed by atoms with E-state index in [0.29, 0.717) is 12.1 Å². The third kappa shape index (κ3) is 1.31. The second-order valence-electron chi connectivity index (χ2n) is 2.00. The van der Waals surface area contributed by atoms with Gasteiger partial charge in [0, 0.05) is 11.9 Å².